The molecule has 2 aliphatic rings. The highest BCUT2D eigenvalue weighted by molar-refractivity contribution is 6.30. The Balaban J connectivity index is 1.32. The molecule has 0 aliphatic heterocycles. The standard InChI is InChI=1S/C20H16ClN5O2/c21-13-2-16(17-8-24-10-26(17)9-13)20(28)3-14-15(4-20)18(14)25-19(27)12-1-11(5-22)6-23-7-12/h1-2,6-10,14-15,18,28H,3-4H2,(H,25,27)/t14-,15+,18+,20-. The lowest BCUT2D eigenvalue weighted by Crippen LogP contribution is -2.33. The number of nitrogens with zero attached hydrogens (tertiary/aromatic N) is 4. The van der Waals surface area contributed by atoms with Gasteiger partial charge in [0.1, 0.15) is 6.07 Å². The fourth-order valence-electron chi connectivity index (χ4n) is 4.53. The summed E-state index contributed by atoms with van der Waals surface area (Å²) in [6.45, 7) is 0. The van der Waals surface area contributed by atoms with Crippen LogP contribution >= 0.6 is 11.6 Å². The lowest BCUT2D eigenvalue weighted by molar-refractivity contribution is 0.0289. The summed E-state index contributed by atoms with van der Waals surface area (Å²) in [4.78, 5) is 20.5. The fraction of sp³-hybridized carbons (Fsp3) is 0.300. The summed E-state index contributed by atoms with van der Waals surface area (Å²) in [5.41, 5.74) is 1.36. The van der Waals surface area contributed by atoms with Crippen LogP contribution in [-0.4, -0.2) is 31.4 Å². The molecule has 7 nitrogen and oxygen atoms in total. The third-order valence-corrected chi connectivity index (χ3v) is 6.10. The molecule has 8 heteroatoms. The van der Waals surface area contributed by atoms with Gasteiger partial charge in [-0.2, -0.15) is 5.26 Å². The maximum Gasteiger partial charge on any atom is 0.253 e. The van der Waals surface area contributed by atoms with E-state index in [1.807, 2.05) is 10.5 Å². The Morgan fingerprint density at radius 2 is 2.07 bits per heavy atom. The number of hydrogen-bond donors (Lipinski definition) is 2. The van der Waals surface area contributed by atoms with E-state index in [4.69, 9.17) is 16.9 Å². The van der Waals surface area contributed by atoms with Crippen molar-refractivity contribution in [1.29, 1.82) is 5.26 Å². The molecule has 5 rings (SSSR count). The van der Waals surface area contributed by atoms with Crippen LogP contribution in [0.4, 0.5) is 0 Å². The minimum atomic E-state index is -0.981. The average molecular weight is 394 g/mol. The van der Waals surface area contributed by atoms with Gasteiger partial charge in [-0.15, -0.1) is 0 Å². The highest BCUT2D eigenvalue weighted by Gasteiger charge is 2.62. The van der Waals surface area contributed by atoms with Crippen molar-refractivity contribution in [1.82, 2.24) is 19.7 Å². The van der Waals surface area contributed by atoms with E-state index in [1.54, 1.807) is 24.8 Å². The van der Waals surface area contributed by atoms with Gasteiger partial charge in [-0.1, -0.05) is 11.6 Å². The molecular weight excluding hydrogens is 378 g/mol. The van der Waals surface area contributed by atoms with E-state index >= 15 is 0 Å². The summed E-state index contributed by atoms with van der Waals surface area (Å²) < 4.78 is 1.81. The van der Waals surface area contributed by atoms with Crippen LogP contribution in [0.2, 0.25) is 5.02 Å². The highest BCUT2D eigenvalue weighted by Crippen LogP contribution is 2.60. The van der Waals surface area contributed by atoms with Crippen molar-refractivity contribution in [2.45, 2.75) is 24.5 Å². The van der Waals surface area contributed by atoms with Crippen LogP contribution in [0.1, 0.15) is 34.3 Å². The van der Waals surface area contributed by atoms with E-state index in [2.05, 4.69) is 15.3 Å². The first-order chi connectivity index (χ1) is 13.5. The van der Waals surface area contributed by atoms with Crippen molar-refractivity contribution in [3.63, 3.8) is 0 Å². The van der Waals surface area contributed by atoms with Crippen molar-refractivity contribution in [3.05, 3.63) is 65.0 Å². The van der Waals surface area contributed by atoms with E-state index < -0.39 is 5.60 Å². The molecule has 0 aromatic carbocycles. The topological polar surface area (TPSA) is 103 Å². The van der Waals surface area contributed by atoms with Gasteiger partial charge in [0.15, 0.2) is 0 Å². The van der Waals surface area contributed by atoms with Gasteiger partial charge in [0.2, 0.25) is 0 Å². The minimum absolute atomic E-state index is 0.0265. The van der Waals surface area contributed by atoms with Gasteiger partial charge in [0.05, 0.1) is 39.8 Å². The highest BCUT2D eigenvalue weighted by atomic mass is 35.5. The molecule has 0 saturated heterocycles. The summed E-state index contributed by atoms with van der Waals surface area (Å²) in [6.07, 6.45) is 9.13. The van der Waals surface area contributed by atoms with Gasteiger partial charge < -0.3 is 14.8 Å². The summed E-state index contributed by atoms with van der Waals surface area (Å²) in [5, 5.41) is 23.8. The normalized spacial score (nSPS) is 28.0. The van der Waals surface area contributed by atoms with E-state index in [9.17, 15) is 9.90 Å². The largest absolute Gasteiger partial charge is 0.385 e. The van der Waals surface area contributed by atoms with Gasteiger partial charge in [-0.25, -0.2) is 4.98 Å². The van der Waals surface area contributed by atoms with Gasteiger partial charge in [-0.05, 0) is 36.8 Å². The Morgan fingerprint density at radius 1 is 1.29 bits per heavy atom. The van der Waals surface area contributed by atoms with Crippen LogP contribution in [0.15, 0.2) is 43.2 Å². The third-order valence-electron chi connectivity index (χ3n) is 5.89. The molecule has 0 spiro atoms. The number of nitriles is 1. The minimum Gasteiger partial charge on any atom is -0.385 e. The molecule has 3 aromatic heterocycles. The van der Waals surface area contributed by atoms with Crippen molar-refractivity contribution in [3.8, 4) is 6.07 Å². The third kappa shape index (κ3) is 2.65. The number of aromatic nitrogens is 3. The van der Waals surface area contributed by atoms with Crippen LogP contribution in [0, 0.1) is 23.2 Å². The summed E-state index contributed by atoms with van der Waals surface area (Å²) in [6, 6.07) is 5.34. The number of amides is 1. The Bertz CT molecular complexity index is 1140. The molecule has 0 unspecified atom stereocenters. The fourth-order valence-corrected chi connectivity index (χ4v) is 4.74. The number of carbonyl (C=O) groups is 1. The number of carbonyl (C=O) groups excluding carboxylic acids is 1. The van der Waals surface area contributed by atoms with E-state index in [-0.39, 0.29) is 23.8 Å². The number of imidazole rings is 1. The van der Waals surface area contributed by atoms with Crippen molar-refractivity contribution < 1.29 is 9.90 Å². The molecule has 3 aromatic rings. The molecule has 2 N–H and O–H groups in total. The second-order valence-corrected chi connectivity index (χ2v) is 8.04. The second kappa shape index (κ2) is 6.03. The van der Waals surface area contributed by atoms with Gasteiger partial charge in [0.25, 0.3) is 5.91 Å². The number of fused-ring (bicyclic) bond motifs is 2. The lowest BCUT2D eigenvalue weighted by atomic mass is 9.88. The first kappa shape index (κ1) is 17.2. The van der Waals surface area contributed by atoms with E-state index in [1.165, 1.54) is 18.5 Å². The van der Waals surface area contributed by atoms with Gasteiger partial charge >= 0.3 is 0 Å². The van der Waals surface area contributed by atoms with E-state index in [0.29, 0.717) is 29.0 Å². The SMILES string of the molecule is N#Cc1cncc(C(=O)N[C@H]2[C@@H]3C[C@](O)(c4cc(Cl)cn5cncc45)C[C@@H]32)c1. The zero-order valence-corrected chi connectivity index (χ0v) is 15.5. The predicted molar refractivity (Wildman–Crippen MR) is 101 cm³/mol. The lowest BCUT2D eigenvalue weighted by Gasteiger charge is -2.27. The van der Waals surface area contributed by atoms with Crippen LogP contribution in [0.3, 0.4) is 0 Å². The first-order valence-corrected chi connectivity index (χ1v) is 9.36. The monoisotopic (exact) mass is 393 g/mol. The molecule has 140 valence electrons. The van der Waals surface area contributed by atoms with Crippen molar-refractivity contribution in [2.75, 3.05) is 0 Å². The van der Waals surface area contributed by atoms with Gasteiger partial charge in [-0.3, -0.25) is 9.78 Å². The van der Waals surface area contributed by atoms with Crippen molar-refractivity contribution in [2.24, 2.45) is 11.8 Å². The quantitative estimate of drug-likeness (QED) is 0.710. The average Bonchev–Trinajstić information content (AvgIpc) is 3.06. The molecule has 3 heterocycles. The number of hydrogen-bond acceptors (Lipinski definition) is 5. The zero-order valence-electron chi connectivity index (χ0n) is 14.7. The number of pyridine rings is 2. The second-order valence-electron chi connectivity index (χ2n) is 7.60. The Kier molecular flexibility index (Phi) is 3.69. The van der Waals surface area contributed by atoms with Crippen molar-refractivity contribution >= 4 is 23.0 Å². The maximum atomic E-state index is 12.5. The predicted octanol–water partition coefficient (Wildman–Crippen LogP) is 2.28. The molecule has 2 saturated carbocycles. The van der Waals surface area contributed by atoms with Crippen LogP contribution in [0.25, 0.3) is 5.52 Å². The van der Waals surface area contributed by atoms with Crippen LogP contribution in [0.5, 0.6) is 0 Å². The van der Waals surface area contributed by atoms with Gasteiger partial charge in [0, 0.05) is 30.2 Å². The Hall–Kier alpha value is -2.95. The molecule has 28 heavy (non-hydrogen) atoms. The molecule has 4 atom stereocenters. The first-order valence-electron chi connectivity index (χ1n) is 8.98. The zero-order chi connectivity index (χ0) is 19.5. The molecule has 0 radical (unpaired) electrons. The number of rotatable bonds is 3. The maximum absolute atomic E-state index is 12.5. The smallest absolute Gasteiger partial charge is 0.253 e. The number of nitrogens with one attached hydrogen (secondary N) is 1. The Morgan fingerprint density at radius 3 is 2.82 bits per heavy atom. The molecule has 0 bridgehead atoms. The molecule has 2 fully saturated rings. The number of halogens is 1. The summed E-state index contributed by atoms with van der Waals surface area (Å²) >= 11 is 6.21. The van der Waals surface area contributed by atoms with Crippen LogP contribution in [-0.2, 0) is 5.60 Å². The van der Waals surface area contributed by atoms with Crippen LogP contribution < -0.4 is 5.32 Å². The Labute approximate surface area is 165 Å². The summed E-state index contributed by atoms with van der Waals surface area (Å²) in [7, 11) is 0. The van der Waals surface area contributed by atoms with E-state index in [0.717, 1.165) is 11.1 Å². The molecule has 1 amide bonds. The number of aliphatic hydroxyl groups is 1. The summed E-state index contributed by atoms with van der Waals surface area (Å²) in [5.74, 6) is 0.180. The molecular formula is C20H16ClN5O2. The molecule has 2 aliphatic carbocycles.